The number of benzene rings is 3. The summed E-state index contributed by atoms with van der Waals surface area (Å²) < 4.78 is 12.3. The highest BCUT2D eigenvalue weighted by molar-refractivity contribution is 9.10. The fraction of sp³-hybridized carbons (Fsp3) is 0.120. The van der Waals surface area contributed by atoms with Crippen molar-refractivity contribution >= 4 is 45.2 Å². The molecule has 1 amide bonds. The van der Waals surface area contributed by atoms with Gasteiger partial charge in [0.05, 0.1) is 7.11 Å². The van der Waals surface area contributed by atoms with E-state index in [4.69, 9.17) is 21.1 Å². The van der Waals surface area contributed by atoms with Crippen LogP contribution in [-0.4, -0.2) is 13.0 Å². The number of nitrogens with zero attached hydrogens (tertiary/aromatic N) is 1. The lowest BCUT2D eigenvalue weighted by Gasteiger charge is -2.12. The van der Waals surface area contributed by atoms with Crippen molar-refractivity contribution in [3.05, 3.63) is 92.4 Å². The Morgan fingerprint density at radius 3 is 2.62 bits per heavy atom. The molecule has 162 valence electrons. The number of nitriles is 1. The number of hydrogen-bond acceptors (Lipinski definition) is 4. The standard InChI is InChI=1S/C25H20BrClN2O3/c1-16-22(27)4-3-5-23(16)29-25(30)19(14-28)12-18-8-11-21(31-2)13-24(18)32-15-17-6-9-20(26)10-7-17/h3-13H,15H2,1-2H3,(H,29,30)/b19-12+. The van der Waals surface area contributed by atoms with Crippen LogP contribution in [0.2, 0.25) is 5.02 Å². The molecule has 0 aliphatic rings. The molecule has 0 heterocycles. The normalized spacial score (nSPS) is 10.9. The Balaban J connectivity index is 1.87. The molecule has 0 aliphatic heterocycles. The summed E-state index contributed by atoms with van der Waals surface area (Å²) in [5.74, 6) is 0.560. The minimum Gasteiger partial charge on any atom is -0.497 e. The Bertz CT molecular complexity index is 1200. The number of nitrogens with one attached hydrogen (secondary N) is 1. The smallest absolute Gasteiger partial charge is 0.266 e. The van der Waals surface area contributed by atoms with Crippen molar-refractivity contribution in [3.8, 4) is 17.6 Å². The number of carbonyl (C=O) groups is 1. The Morgan fingerprint density at radius 1 is 1.19 bits per heavy atom. The van der Waals surface area contributed by atoms with Gasteiger partial charge >= 0.3 is 0 Å². The Kier molecular flexibility index (Phi) is 7.93. The fourth-order valence-electron chi connectivity index (χ4n) is 2.86. The lowest BCUT2D eigenvalue weighted by Crippen LogP contribution is -2.14. The summed E-state index contributed by atoms with van der Waals surface area (Å²) >= 11 is 9.53. The van der Waals surface area contributed by atoms with Gasteiger partial charge < -0.3 is 14.8 Å². The third-order valence-corrected chi connectivity index (χ3v) is 5.65. The van der Waals surface area contributed by atoms with Gasteiger partial charge in [-0.25, -0.2) is 0 Å². The summed E-state index contributed by atoms with van der Waals surface area (Å²) in [6, 6.07) is 20.1. The number of carbonyl (C=O) groups excluding carboxylic acids is 1. The number of ether oxygens (including phenoxy) is 2. The minimum absolute atomic E-state index is 0.0666. The highest BCUT2D eigenvalue weighted by Crippen LogP contribution is 2.29. The van der Waals surface area contributed by atoms with Gasteiger partial charge in [-0.1, -0.05) is 45.7 Å². The molecule has 3 aromatic rings. The Hall–Kier alpha value is -3.27. The molecule has 1 N–H and O–H groups in total. The Morgan fingerprint density at radius 2 is 1.94 bits per heavy atom. The summed E-state index contributed by atoms with van der Waals surface area (Å²) in [7, 11) is 1.56. The van der Waals surface area contributed by atoms with E-state index < -0.39 is 5.91 Å². The summed E-state index contributed by atoms with van der Waals surface area (Å²) in [5, 5.41) is 12.9. The summed E-state index contributed by atoms with van der Waals surface area (Å²) in [4.78, 5) is 12.7. The van der Waals surface area contributed by atoms with Crippen LogP contribution in [0.3, 0.4) is 0 Å². The molecule has 0 saturated carbocycles. The average Bonchev–Trinajstić information content (AvgIpc) is 2.80. The van der Waals surface area contributed by atoms with E-state index in [2.05, 4.69) is 21.2 Å². The van der Waals surface area contributed by atoms with Gasteiger partial charge in [-0.2, -0.15) is 5.26 Å². The summed E-state index contributed by atoms with van der Waals surface area (Å²) in [6.07, 6.45) is 1.49. The molecule has 0 fully saturated rings. The van der Waals surface area contributed by atoms with Crippen LogP contribution in [0.25, 0.3) is 6.08 Å². The van der Waals surface area contributed by atoms with Crippen molar-refractivity contribution in [2.75, 3.05) is 12.4 Å². The van der Waals surface area contributed by atoms with Gasteiger partial charge in [0.25, 0.3) is 5.91 Å². The molecule has 0 atom stereocenters. The largest absolute Gasteiger partial charge is 0.497 e. The van der Waals surface area contributed by atoms with Gasteiger partial charge in [0.15, 0.2) is 0 Å². The second-order valence-electron chi connectivity index (χ2n) is 6.86. The number of anilines is 1. The second-order valence-corrected chi connectivity index (χ2v) is 8.18. The Labute approximate surface area is 200 Å². The molecular formula is C25H20BrClN2O3. The monoisotopic (exact) mass is 510 g/mol. The van der Waals surface area contributed by atoms with Crippen molar-refractivity contribution in [1.29, 1.82) is 5.26 Å². The van der Waals surface area contributed by atoms with Crippen LogP contribution < -0.4 is 14.8 Å². The topological polar surface area (TPSA) is 71.3 Å². The maximum absolute atomic E-state index is 12.7. The fourth-order valence-corrected chi connectivity index (χ4v) is 3.30. The van der Waals surface area contributed by atoms with E-state index in [1.807, 2.05) is 30.3 Å². The molecule has 0 aromatic heterocycles. The van der Waals surface area contributed by atoms with E-state index in [-0.39, 0.29) is 5.57 Å². The molecule has 3 aromatic carbocycles. The molecule has 0 spiro atoms. The number of rotatable bonds is 7. The maximum Gasteiger partial charge on any atom is 0.266 e. The van der Waals surface area contributed by atoms with Crippen LogP contribution in [0.15, 0.2) is 70.7 Å². The first-order valence-corrected chi connectivity index (χ1v) is 10.8. The van der Waals surface area contributed by atoms with Gasteiger partial charge in [0.2, 0.25) is 0 Å². The average molecular weight is 512 g/mol. The van der Waals surface area contributed by atoms with Gasteiger partial charge in [0.1, 0.15) is 29.7 Å². The first kappa shape index (κ1) is 23.4. The number of amides is 1. The predicted molar refractivity (Wildman–Crippen MR) is 130 cm³/mol. The van der Waals surface area contributed by atoms with Crippen LogP contribution in [-0.2, 0) is 11.4 Å². The van der Waals surface area contributed by atoms with E-state index in [0.717, 1.165) is 15.6 Å². The quantitative estimate of drug-likeness (QED) is 0.289. The highest BCUT2D eigenvalue weighted by Gasteiger charge is 2.14. The van der Waals surface area contributed by atoms with Crippen LogP contribution in [0.5, 0.6) is 11.5 Å². The third kappa shape index (κ3) is 5.91. The van der Waals surface area contributed by atoms with Crippen molar-refractivity contribution in [1.82, 2.24) is 0 Å². The van der Waals surface area contributed by atoms with Gasteiger partial charge in [-0.3, -0.25) is 4.79 Å². The molecule has 0 aliphatic carbocycles. The number of halogens is 2. The zero-order chi connectivity index (χ0) is 23.1. The van der Waals surface area contributed by atoms with Crippen molar-refractivity contribution in [3.63, 3.8) is 0 Å². The lowest BCUT2D eigenvalue weighted by molar-refractivity contribution is -0.112. The molecule has 0 bridgehead atoms. The first-order valence-electron chi connectivity index (χ1n) is 9.65. The number of hydrogen-bond donors (Lipinski definition) is 1. The van der Waals surface area contributed by atoms with Crippen LogP contribution in [0.1, 0.15) is 16.7 Å². The van der Waals surface area contributed by atoms with Crippen LogP contribution >= 0.6 is 27.5 Å². The minimum atomic E-state index is -0.535. The molecule has 0 unspecified atom stereocenters. The summed E-state index contributed by atoms with van der Waals surface area (Å²) in [5.41, 5.74) is 2.76. The zero-order valence-electron chi connectivity index (χ0n) is 17.5. The van der Waals surface area contributed by atoms with Crippen LogP contribution in [0.4, 0.5) is 5.69 Å². The maximum atomic E-state index is 12.7. The molecule has 3 rings (SSSR count). The van der Waals surface area contributed by atoms with Gasteiger partial charge in [-0.15, -0.1) is 0 Å². The van der Waals surface area contributed by atoms with E-state index in [0.29, 0.717) is 34.4 Å². The van der Waals surface area contributed by atoms with Gasteiger partial charge in [0, 0.05) is 26.8 Å². The third-order valence-electron chi connectivity index (χ3n) is 4.71. The molecule has 7 heteroatoms. The van der Waals surface area contributed by atoms with E-state index in [9.17, 15) is 10.1 Å². The second kappa shape index (κ2) is 10.9. The van der Waals surface area contributed by atoms with Crippen molar-refractivity contribution < 1.29 is 14.3 Å². The molecule has 5 nitrogen and oxygen atoms in total. The zero-order valence-corrected chi connectivity index (χ0v) is 19.8. The van der Waals surface area contributed by atoms with Gasteiger partial charge in [-0.05, 0) is 60.5 Å². The molecular weight excluding hydrogens is 492 g/mol. The van der Waals surface area contributed by atoms with Crippen molar-refractivity contribution in [2.45, 2.75) is 13.5 Å². The SMILES string of the molecule is COc1ccc(/C=C(\C#N)C(=O)Nc2cccc(Cl)c2C)c(OCc2ccc(Br)cc2)c1. The van der Waals surface area contributed by atoms with E-state index in [1.165, 1.54) is 6.08 Å². The van der Waals surface area contributed by atoms with Crippen molar-refractivity contribution in [2.24, 2.45) is 0 Å². The molecule has 32 heavy (non-hydrogen) atoms. The van der Waals surface area contributed by atoms with Crippen LogP contribution in [0, 0.1) is 18.3 Å². The molecule has 0 saturated heterocycles. The molecule has 0 radical (unpaired) electrons. The summed E-state index contributed by atoms with van der Waals surface area (Å²) in [6.45, 7) is 2.11. The predicted octanol–water partition coefficient (Wildman–Crippen LogP) is 6.54. The highest BCUT2D eigenvalue weighted by atomic mass is 79.9. The van der Waals surface area contributed by atoms with E-state index >= 15 is 0 Å². The lowest BCUT2D eigenvalue weighted by atomic mass is 10.1. The first-order chi connectivity index (χ1) is 15.4. The number of methoxy groups -OCH3 is 1. The van der Waals surface area contributed by atoms with E-state index in [1.54, 1.807) is 50.4 Å².